The molecule has 0 heterocycles. The molecule has 122 valence electrons. The molecule has 2 rings (SSSR count). The monoisotopic (exact) mass is 333 g/mol. The number of Topliss-reactive ketones (excluding diaryl/α,β-unsaturated/α-hetero) is 1. The van der Waals surface area contributed by atoms with Crippen LogP contribution in [0.5, 0.6) is 0 Å². The first kappa shape index (κ1) is 17.3. The van der Waals surface area contributed by atoms with Crippen molar-refractivity contribution >= 4 is 15.8 Å². The Morgan fingerprint density at radius 3 is 2.39 bits per heavy atom. The van der Waals surface area contributed by atoms with Gasteiger partial charge in [0.05, 0.1) is 4.90 Å². The van der Waals surface area contributed by atoms with Crippen molar-refractivity contribution in [1.29, 1.82) is 0 Å². The molecule has 0 aliphatic rings. The Hall–Kier alpha value is -2.02. The molecule has 23 heavy (non-hydrogen) atoms. The third kappa shape index (κ3) is 4.48. The number of rotatable bonds is 7. The van der Waals surface area contributed by atoms with E-state index in [1.165, 1.54) is 19.1 Å². The predicted octanol–water partition coefficient (Wildman–Crippen LogP) is 2.22. The van der Waals surface area contributed by atoms with E-state index in [1.54, 1.807) is 30.3 Å². The second-order valence-corrected chi connectivity index (χ2v) is 6.90. The molecule has 0 atom stereocenters. The number of ketones is 1. The van der Waals surface area contributed by atoms with Crippen LogP contribution < -0.4 is 4.72 Å². The number of hydrogen-bond acceptors (Lipinski definition) is 4. The molecule has 0 aliphatic heterocycles. The van der Waals surface area contributed by atoms with Gasteiger partial charge in [-0.25, -0.2) is 13.1 Å². The van der Waals surface area contributed by atoms with Crippen LogP contribution >= 0.6 is 0 Å². The zero-order valence-corrected chi connectivity index (χ0v) is 13.6. The van der Waals surface area contributed by atoms with E-state index in [0.717, 1.165) is 11.1 Å². The molecule has 2 aromatic rings. The molecule has 6 heteroatoms. The minimum absolute atomic E-state index is 0.0147. The standard InChI is InChI=1S/C17H19NO4S/c1-13(20)15-4-2-5-16(12-15)14-6-8-17(9-7-14)23(21,22)18-10-3-11-19/h2,4-9,12,18-19H,3,10-11H2,1H3. The summed E-state index contributed by atoms with van der Waals surface area (Å²) in [7, 11) is -3.57. The fraction of sp³-hybridized carbons (Fsp3) is 0.235. The van der Waals surface area contributed by atoms with Gasteiger partial charge in [-0.3, -0.25) is 4.79 Å². The lowest BCUT2D eigenvalue weighted by atomic mass is 10.0. The van der Waals surface area contributed by atoms with E-state index in [-0.39, 0.29) is 23.8 Å². The van der Waals surface area contributed by atoms with Crippen LogP contribution in [-0.4, -0.2) is 32.5 Å². The summed E-state index contributed by atoms with van der Waals surface area (Å²) in [6, 6.07) is 13.7. The second kappa shape index (κ2) is 7.50. The Bertz CT molecular complexity index is 782. The highest BCUT2D eigenvalue weighted by Crippen LogP contribution is 2.22. The van der Waals surface area contributed by atoms with Crippen LogP contribution in [0.1, 0.15) is 23.7 Å². The largest absolute Gasteiger partial charge is 0.396 e. The average molecular weight is 333 g/mol. The van der Waals surface area contributed by atoms with Gasteiger partial charge in [0.15, 0.2) is 5.78 Å². The van der Waals surface area contributed by atoms with Crippen molar-refractivity contribution < 1.29 is 18.3 Å². The highest BCUT2D eigenvalue weighted by Gasteiger charge is 2.13. The van der Waals surface area contributed by atoms with Crippen LogP contribution in [-0.2, 0) is 10.0 Å². The third-order valence-corrected chi connectivity index (χ3v) is 4.87. The Labute approximate surface area is 136 Å². The van der Waals surface area contributed by atoms with Crippen molar-refractivity contribution in [2.45, 2.75) is 18.2 Å². The Morgan fingerprint density at radius 1 is 1.09 bits per heavy atom. The van der Waals surface area contributed by atoms with Crippen LogP contribution in [0.2, 0.25) is 0 Å². The van der Waals surface area contributed by atoms with Crippen molar-refractivity contribution in [3.63, 3.8) is 0 Å². The number of benzene rings is 2. The van der Waals surface area contributed by atoms with Crippen molar-refractivity contribution in [2.24, 2.45) is 0 Å². The van der Waals surface area contributed by atoms with Gasteiger partial charge in [-0.15, -0.1) is 0 Å². The maximum absolute atomic E-state index is 12.1. The molecule has 5 nitrogen and oxygen atoms in total. The van der Waals surface area contributed by atoms with E-state index in [2.05, 4.69) is 4.72 Å². The van der Waals surface area contributed by atoms with Gasteiger partial charge in [0, 0.05) is 18.7 Å². The zero-order valence-electron chi connectivity index (χ0n) is 12.8. The second-order valence-electron chi connectivity index (χ2n) is 5.14. The molecule has 0 unspecified atom stereocenters. The van der Waals surface area contributed by atoms with Gasteiger partial charge in [0.25, 0.3) is 0 Å². The summed E-state index contributed by atoms with van der Waals surface area (Å²) in [5.74, 6) is -0.0147. The number of carbonyl (C=O) groups excluding carboxylic acids is 1. The SMILES string of the molecule is CC(=O)c1cccc(-c2ccc(S(=O)(=O)NCCCO)cc2)c1. The molecule has 0 radical (unpaired) electrons. The molecule has 0 amide bonds. The molecule has 0 bridgehead atoms. The van der Waals surface area contributed by atoms with Crippen molar-refractivity contribution in [3.8, 4) is 11.1 Å². The number of nitrogens with one attached hydrogen (secondary N) is 1. The summed E-state index contributed by atoms with van der Waals surface area (Å²) < 4.78 is 26.5. The first-order valence-corrected chi connectivity index (χ1v) is 8.74. The maximum atomic E-state index is 12.1. The molecule has 2 aromatic carbocycles. The normalized spacial score (nSPS) is 11.4. The maximum Gasteiger partial charge on any atom is 0.240 e. The van der Waals surface area contributed by atoms with E-state index < -0.39 is 10.0 Å². The van der Waals surface area contributed by atoms with Gasteiger partial charge in [-0.1, -0.05) is 30.3 Å². The summed E-state index contributed by atoms with van der Waals surface area (Å²) in [5, 5.41) is 8.70. The molecule has 2 N–H and O–H groups in total. The minimum Gasteiger partial charge on any atom is -0.396 e. The lowest BCUT2D eigenvalue weighted by Gasteiger charge is -2.08. The van der Waals surface area contributed by atoms with Gasteiger partial charge in [0.1, 0.15) is 0 Å². The highest BCUT2D eigenvalue weighted by molar-refractivity contribution is 7.89. The molecular formula is C17H19NO4S. The number of hydrogen-bond donors (Lipinski definition) is 2. The molecule has 0 aromatic heterocycles. The van der Waals surface area contributed by atoms with Crippen LogP contribution in [0.4, 0.5) is 0 Å². The lowest BCUT2D eigenvalue weighted by molar-refractivity contribution is 0.101. The van der Waals surface area contributed by atoms with Crippen LogP contribution in [0.15, 0.2) is 53.4 Å². The minimum atomic E-state index is -3.57. The Morgan fingerprint density at radius 2 is 1.78 bits per heavy atom. The molecular weight excluding hydrogens is 314 g/mol. The van der Waals surface area contributed by atoms with Crippen LogP contribution in [0, 0.1) is 0 Å². The summed E-state index contributed by atoms with van der Waals surface area (Å²) in [6.07, 6.45) is 0.370. The molecule has 0 aliphatic carbocycles. The fourth-order valence-corrected chi connectivity index (χ4v) is 3.19. The van der Waals surface area contributed by atoms with Gasteiger partial charge in [-0.2, -0.15) is 0 Å². The van der Waals surface area contributed by atoms with Crippen LogP contribution in [0.25, 0.3) is 11.1 Å². The van der Waals surface area contributed by atoms with E-state index in [9.17, 15) is 13.2 Å². The average Bonchev–Trinajstić information content (AvgIpc) is 2.55. The summed E-state index contributed by atoms with van der Waals surface area (Å²) in [4.78, 5) is 11.6. The van der Waals surface area contributed by atoms with Crippen LogP contribution in [0.3, 0.4) is 0 Å². The third-order valence-electron chi connectivity index (χ3n) is 3.39. The summed E-state index contributed by atoms with van der Waals surface area (Å²) >= 11 is 0. The van der Waals surface area contributed by atoms with Gasteiger partial charge < -0.3 is 5.11 Å². The van der Waals surface area contributed by atoms with E-state index >= 15 is 0 Å². The smallest absolute Gasteiger partial charge is 0.240 e. The van der Waals surface area contributed by atoms with E-state index in [1.807, 2.05) is 6.07 Å². The molecule has 0 saturated carbocycles. The summed E-state index contributed by atoms with van der Waals surface area (Å²) in [6.45, 7) is 1.64. The lowest BCUT2D eigenvalue weighted by Crippen LogP contribution is -2.25. The molecule has 0 saturated heterocycles. The summed E-state index contributed by atoms with van der Waals surface area (Å²) in [5.41, 5.74) is 2.31. The van der Waals surface area contributed by atoms with E-state index in [0.29, 0.717) is 12.0 Å². The van der Waals surface area contributed by atoms with Crippen molar-refractivity contribution in [3.05, 3.63) is 54.1 Å². The number of carbonyl (C=O) groups is 1. The van der Waals surface area contributed by atoms with Gasteiger partial charge in [0.2, 0.25) is 10.0 Å². The van der Waals surface area contributed by atoms with Crippen molar-refractivity contribution in [1.82, 2.24) is 4.72 Å². The quantitative estimate of drug-likeness (QED) is 0.601. The first-order chi connectivity index (χ1) is 10.9. The predicted molar refractivity (Wildman–Crippen MR) is 88.8 cm³/mol. The zero-order chi connectivity index (χ0) is 16.9. The molecule has 0 spiro atoms. The number of aliphatic hydroxyl groups is 1. The van der Waals surface area contributed by atoms with Gasteiger partial charge >= 0.3 is 0 Å². The Kier molecular flexibility index (Phi) is 5.65. The fourth-order valence-electron chi connectivity index (χ4n) is 2.11. The van der Waals surface area contributed by atoms with Crippen molar-refractivity contribution in [2.75, 3.05) is 13.2 Å². The Balaban J connectivity index is 2.22. The van der Waals surface area contributed by atoms with E-state index in [4.69, 9.17) is 5.11 Å². The molecule has 0 fully saturated rings. The highest BCUT2D eigenvalue weighted by atomic mass is 32.2. The first-order valence-electron chi connectivity index (χ1n) is 7.26. The number of aliphatic hydroxyl groups excluding tert-OH is 1. The van der Waals surface area contributed by atoms with Gasteiger partial charge in [-0.05, 0) is 42.7 Å². The topological polar surface area (TPSA) is 83.5 Å². The number of sulfonamides is 1.